The Morgan fingerprint density at radius 3 is 2.78 bits per heavy atom. The minimum Gasteiger partial charge on any atom is -0.348 e. The molecule has 5 heteroatoms. The highest BCUT2D eigenvalue weighted by Crippen LogP contribution is 2.28. The smallest absolute Gasteiger partial charge is 0.120 e. The van der Waals surface area contributed by atoms with Crippen molar-refractivity contribution < 1.29 is 0 Å². The maximum absolute atomic E-state index is 4.46. The van der Waals surface area contributed by atoms with E-state index in [1.807, 2.05) is 30.9 Å². The summed E-state index contributed by atoms with van der Waals surface area (Å²) >= 11 is 0. The molecule has 2 aliphatic rings. The number of likely N-dealkylation sites (tertiary alicyclic amines) is 1. The van der Waals surface area contributed by atoms with Crippen LogP contribution in [0.15, 0.2) is 36.9 Å². The van der Waals surface area contributed by atoms with E-state index in [-0.39, 0.29) is 0 Å². The number of hydrogen-bond acceptors (Lipinski definition) is 4. The lowest BCUT2D eigenvalue weighted by molar-refractivity contribution is 0.0766. The zero-order valence-electron chi connectivity index (χ0n) is 16.4. The average Bonchev–Trinajstić information content (AvgIpc) is 3.23. The second-order valence-corrected chi connectivity index (χ2v) is 8.36. The van der Waals surface area contributed by atoms with E-state index >= 15 is 0 Å². The van der Waals surface area contributed by atoms with Gasteiger partial charge in [0, 0.05) is 50.5 Å². The van der Waals surface area contributed by atoms with E-state index in [0.29, 0.717) is 0 Å². The number of aromatic amines is 1. The number of aromatic nitrogens is 3. The minimum absolute atomic E-state index is 0.757. The van der Waals surface area contributed by atoms with Gasteiger partial charge in [-0.3, -0.25) is 9.88 Å². The molecule has 1 aliphatic carbocycles. The molecule has 0 aromatic carbocycles. The molecule has 2 fully saturated rings. The Morgan fingerprint density at radius 2 is 2.00 bits per heavy atom. The van der Waals surface area contributed by atoms with Crippen molar-refractivity contribution in [3.63, 3.8) is 0 Å². The maximum Gasteiger partial charge on any atom is 0.120 e. The summed E-state index contributed by atoms with van der Waals surface area (Å²) in [6, 6.07) is 5.06. The molecule has 5 nitrogen and oxygen atoms in total. The second-order valence-electron chi connectivity index (χ2n) is 8.36. The Kier molecular flexibility index (Phi) is 6.53. The van der Waals surface area contributed by atoms with E-state index in [9.17, 15) is 0 Å². The second kappa shape index (κ2) is 9.47. The highest BCUT2D eigenvalue weighted by molar-refractivity contribution is 5.08. The zero-order chi connectivity index (χ0) is 18.3. The molecule has 2 aromatic rings. The highest BCUT2D eigenvalue weighted by atomic mass is 15.2. The molecule has 4 rings (SSSR count). The molecule has 1 atom stereocenters. The number of pyridine rings is 1. The first kappa shape index (κ1) is 18.6. The van der Waals surface area contributed by atoms with Gasteiger partial charge < -0.3 is 9.88 Å². The minimum atomic E-state index is 0.757. The lowest BCUT2D eigenvalue weighted by atomic mass is 9.90. The first-order valence-electron chi connectivity index (χ1n) is 10.7. The molecule has 27 heavy (non-hydrogen) atoms. The fraction of sp³-hybridized carbons (Fsp3) is 0.636. The number of H-pyrrole nitrogens is 1. The third kappa shape index (κ3) is 5.39. The van der Waals surface area contributed by atoms with Crippen LogP contribution in [-0.2, 0) is 13.1 Å². The molecule has 0 amide bonds. The monoisotopic (exact) mass is 367 g/mol. The van der Waals surface area contributed by atoms with Gasteiger partial charge >= 0.3 is 0 Å². The van der Waals surface area contributed by atoms with Crippen LogP contribution in [0.25, 0.3) is 0 Å². The number of nitrogens with one attached hydrogen (secondary N) is 1. The van der Waals surface area contributed by atoms with Gasteiger partial charge in [0.2, 0.25) is 0 Å². The third-order valence-electron chi connectivity index (χ3n) is 6.22. The van der Waals surface area contributed by atoms with E-state index < -0.39 is 0 Å². The molecule has 146 valence electrons. The quantitative estimate of drug-likeness (QED) is 0.807. The fourth-order valence-electron chi connectivity index (χ4n) is 4.92. The largest absolute Gasteiger partial charge is 0.348 e. The van der Waals surface area contributed by atoms with Gasteiger partial charge in [0.05, 0.1) is 6.54 Å². The lowest BCUT2D eigenvalue weighted by Gasteiger charge is -2.41. The van der Waals surface area contributed by atoms with Crippen molar-refractivity contribution in [1.82, 2.24) is 24.8 Å². The first-order valence-corrected chi connectivity index (χ1v) is 10.7. The van der Waals surface area contributed by atoms with Crippen LogP contribution >= 0.6 is 0 Å². The molecule has 1 aliphatic heterocycles. The molecule has 1 unspecified atom stereocenters. The van der Waals surface area contributed by atoms with Crippen LogP contribution in [0, 0.1) is 5.92 Å². The normalized spacial score (nSPS) is 22.3. The standard InChI is InChI=1S/C22H33N5/c1-2-8-21(9-3-1)27-13-5-7-20(17-27)16-26(18-22-24-11-12-25-22)15-19-6-4-10-23-14-19/h4,6,10-12,14,20-21H,1-3,5,7-9,13,15-18H2,(H,24,25). The Morgan fingerprint density at radius 1 is 1.07 bits per heavy atom. The molecule has 3 heterocycles. The summed E-state index contributed by atoms with van der Waals surface area (Å²) in [7, 11) is 0. The van der Waals surface area contributed by atoms with Gasteiger partial charge in [-0.1, -0.05) is 25.3 Å². The molecule has 0 bridgehead atoms. The summed E-state index contributed by atoms with van der Waals surface area (Å²) < 4.78 is 0. The lowest BCUT2D eigenvalue weighted by Crippen LogP contribution is -2.46. The van der Waals surface area contributed by atoms with Crippen LogP contribution in [0.2, 0.25) is 0 Å². The van der Waals surface area contributed by atoms with Gasteiger partial charge in [0.1, 0.15) is 5.82 Å². The van der Waals surface area contributed by atoms with Crippen molar-refractivity contribution in [3.05, 3.63) is 48.3 Å². The highest BCUT2D eigenvalue weighted by Gasteiger charge is 2.28. The number of piperidine rings is 1. The Labute approximate surface area is 163 Å². The van der Waals surface area contributed by atoms with Crippen LogP contribution < -0.4 is 0 Å². The predicted molar refractivity (Wildman–Crippen MR) is 108 cm³/mol. The van der Waals surface area contributed by atoms with Crippen molar-refractivity contribution in [2.24, 2.45) is 5.92 Å². The van der Waals surface area contributed by atoms with E-state index in [1.165, 1.54) is 63.6 Å². The summed E-state index contributed by atoms with van der Waals surface area (Å²) in [6.45, 7) is 5.53. The number of nitrogens with zero attached hydrogens (tertiary/aromatic N) is 4. The Bertz CT molecular complexity index is 651. The number of imidazole rings is 1. The first-order chi connectivity index (χ1) is 13.4. The van der Waals surface area contributed by atoms with Crippen molar-refractivity contribution in [1.29, 1.82) is 0 Å². The molecule has 1 N–H and O–H groups in total. The van der Waals surface area contributed by atoms with Gasteiger partial charge in [0.15, 0.2) is 0 Å². The van der Waals surface area contributed by atoms with E-state index in [0.717, 1.165) is 37.4 Å². The Balaban J connectivity index is 1.38. The summed E-state index contributed by atoms with van der Waals surface area (Å²) in [5, 5.41) is 0. The zero-order valence-corrected chi connectivity index (χ0v) is 16.4. The van der Waals surface area contributed by atoms with Crippen LogP contribution in [0.3, 0.4) is 0 Å². The van der Waals surface area contributed by atoms with E-state index in [1.54, 1.807) is 0 Å². The molecule has 0 radical (unpaired) electrons. The Hall–Kier alpha value is -1.72. The third-order valence-corrected chi connectivity index (χ3v) is 6.22. The summed E-state index contributed by atoms with van der Waals surface area (Å²) in [4.78, 5) is 17.4. The van der Waals surface area contributed by atoms with Gasteiger partial charge in [-0.2, -0.15) is 0 Å². The molecule has 0 spiro atoms. The molecule has 1 saturated heterocycles. The molecular weight excluding hydrogens is 334 g/mol. The van der Waals surface area contributed by atoms with Gasteiger partial charge in [-0.05, 0) is 49.8 Å². The number of rotatable bonds is 7. The van der Waals surface area contributed by atoms with Gasteiger partial charge in [-0.25, -0.2) is 4.98 Å². The molecular formula is C22H33N5. The van der Waals surface area contributed by atoms with Gasteiger partial charge in [-0.15, -0.1) is 0 Å². The SMILES string of the molecule is c1cncc(CN(Cc2ncc[nH]2)CC2CCCN(C3CCCCC3)C2)c1. The van der Waals surface area contributed by atoms with Crippen molar-refractivity contribution >= 4 is 0 Å². The predicted octanol–water partition coefficient (Wildman–Crippen LogP) is 3.85. The molecule has 1 saturated carbocycles. The van der Waals surface area contributed by atoms with E-state index in [4.69, 9.17) is 0 Å². The fourth-order valence-corrected chi connectivity index (χ4v) is 4.92. The van der Waals surface area contributed by atoms with Crippen LogP contribution in [0.5, 0.6) is 0 Å². The van der Waals surface area contributed by atoms with Crippen LogP contribution in [0.4, 0.5) is 0 Å². The van der Waals surface area contributed by atoms with Crippen molar-refractivity contribution in [3.8, 4) is 0 Å². The van der Waals surface area contributed by atoms with Crippen molar-refractivity contribution in [2.75, 3.05) is 19.6 Å². The summed E-state index contributed by atoms with van der Waals surface area (Å²) in [6.07, 6.45) is 17.4. The topological polar surface area (TPSA) is 48.1 Å². The van der Waals surface area contributed by atoms with Crippen LogP contribution in [-0.4, -0.2) is 50.4 Å². The summed E-state index contributed by atoms with van der Waals surface area (Å²) in [5.41, 5.74) is 1.28. The summed E-state index contributed by atoms with van der Waals surface area (Å²) in [5.74, 6) is 1.81. The van der Waals surface area contributed by atoms with Gasteiger partial charge in [0.25, 0.3) is 0 Å². The number of hydrogen-bond donors (Lipinski definition) is 1. The maximum atomic E-state index is 4.46. The average molecular weight is 368 g/mol. The van der Waals surface area contributed by atoms with Crippen LogP contribution in [0.1, 0.15) is 56.3 Å². The molecule has 2 aromatic heterocycles. The van der Waals surface area contributed by atoms with E-state index in [2.05, 4.69) is 30.8 Å². The van der Waals surface area contributed by atoms with Crippen molar-refractivity contribution in [2.45, 2.75) is 64.1 Å².